The van der Waals surface area contributed by atoms with Crippen LogP contribution in [0.5, 0.6) is 0 Å². The molecule has 87 heavy (non-hydrogen) atoms. The quantitative estimate of drug-likeness (QED) is 0.0945. The first-order valence-electron chi connectivity index (χ1n) is 30.1. The lowest BCUT2D eigenvalue weighted by molar-refractivity contribution is 0.0174. The lowest BCUT2D eigenvalue weighted by Gasteiger charge is -2.42. The third kappa shape index (κ3) is 15.7. The predicted molar refractivity (Wildman–Crippen MR) is 342 cm³/mol. The molecule has 6 aromatic heterocycles. The number of nitrogens with zero attached hydrogens (tertiary/aromatic N) is 13. The van der Waals surface area contributed by atoms with Crippen LogP contribution < -0.4 is 15.5 Å². The highest BCUT2D eigenvalue weighted by molar-refractivity contribution is 9.10. The topological polar surface area (TPSA) is 223 Å². The Kier molecular flexibility index (Phi) is 19.7. The average molecular weight is 1290 g/mol. The molecule has 464 valence electrons. The molecule has 21 nitrogen and oxygen atoms in total. The Morgan fingerprint density at radius 3 is 1.46 bits per heavy atom. The number of aromatic nitrogens is 10. The van der Waals surface area contributed by atoms with Gasteiger partial charge in [-0.1, -0.05) is 66.7 Å². The van der Waals surface area contributed by atoms with Gasteiger partial charge < -0.3 is 45.0 Å². The molecule has 4 N–H and O–H groups in total. The van der Waals surface area contributed by atoms with Crippen LogP contribution in [0.3, 0.4) is 0 Å². The normalized spacial score (nSPS) is 17.5. The third-order valence-corrected chi connectivity index (χ3v) is 17.9. The summed E-state index contributed by atoms with van der Waals surface area (Å²) in [6, 6.07) is 24.1. The Balaban J connectivity index is 0.000000163. The van der Waals surface area contributed by atoms with E-state index in [9.17, 15) is 19.8 Å². The summed E-state index contributed by atoms with van der Waals surface area (Å²) in [6.07, 6.45) is 21.6. The highest BCUT2D eigenvalue weighted by Gasteiger charge is 2.37. The third-order valence-electron chi connectivity index (χ3n) is 16.7. The van der Waals surface area contributed by atoms with E-state index in [0.29, 0.717) is 43.1 Å². The number of halogens is 3. The highest BCUT2D eigenvalue weighted by Crippen LogP contribution is 2.41. The van der Waals surface area contributed by atoms with Crippen LogP contribution in [0.25, 0.3) is 11.3 Å². The number of aliphatic hydroxyl groups excluding tert-OH is 2. The average Bonchev–Trinajstić information content (AvgIpc) is 4.35. The molecule has 0 bridgehead atoms. The number of rotatable bonds is 11. The molecule has 24 heteroatoms. The summed E-state index contributed by atoms with van der Waals surface area (Å²) in [5.74, 6) is 1.01. The van der Waals surface area contributed by atoms with Gasteiger partial charge in [-0.15, -0.1) is 10.2 Å². The van der Waals surface area contributed by atoms with Gasteiger partial charge in [-0.2, -0.15) is 20.2 Å². The van der Waals surface area contributed by atoms with Crippen molar-refractivity contribution in [3.63, 3.8) is 0 Å². The molecular weight excluding hydrogens is 1210 g/mol. The smallest absolute Gasteiger partial charge is 0.410 e. The predicted octanol–water partition coefficient (Wildman–Crippen LogP) is 13.0. The van der Waals surface area contributed by atoms with Gasteiger partial charge in [-0.05, 0) is 168 Å². The molecule has 2 aromatic carbocycles. The minimum Gasteiger partial charge on any atom is -0.444 e. The van der Waals surface area contributed by atoms with Crippen LogP contribution in [-0.4, -0.2) is 145 Å². The van der Waals surface area contributed by atoms with Crippen LogP contribution in [-0.2, 0) is 20.3 Å². The van der Waals surface area contributed by atoms with E-state index in [1.807, 2.05) is 130 Å². The molecule has 12 rings (SSSR count). The number of carbonyl (C=O) groups excluding carboxylic acids is 2. The molecule has 0 spiro atoms. The van der Waals surface area contributed by atoms with Crippen LogP contribution in [0.1, 0.15) is 135 Å². The van der Waals surface area contributed by atoms with Gasteiger partial charge in [0.15, 0.2) is 11.3 Å². The van der Waals surface area contributed by atoms with Gasteiger partial charge in [-0.25, -0.2) is 18.6 Å². The van der Waals surface area contributed by atoms with E-state index < -0.39 is 11.2 Å². The van der Waals surface area contributed by atoms with Crippen LogP contribution in [0.4, 0.5) is 38.5 Å². The minimum absolute atomic E-state index is 0.00282. The fourth-order valence-corrected chi connectivity index (χ4v) is 12.6. The molecule has 2 amide bonds. The summed E-state index contributed by atoms with van der Waals surface area (Å²) in [5.41, 5.74) is 5.28. The molecule has 1 aliphatic carbocycles. The van der Waals surface area contributed by atoms with Crippen molar-refractivity contribution in [1.82, 2.24) is 58.6 Å². The summed E-state index contributed by atoms with van der Waals surface area (Å²) in [4.78, 5) is 39.8. The van der Waals surface area contributed by atoms with Gasteiger partial charge in [0.1, 0.15) is 11.2 Å². The van der Waals surface area contributed by atoms with E-state index >= 15 is 0 Å². The molecule has 4 fully saturated rings. The van der Waals surface area contributed by atoms with Crippen LogP contribution in [0, 0.1) is 0 Å². The van der Waals surface area contributed by atoms with Gasteiger partial charge in [0.2, 0.25) is 11.9 Å². The van der Waals surface area contributed by atoms with E-state index in [4.69, 9.17) is 37.7 Å². The molecule has 9 heterocycles. The van der Waals surface area contributed by atoms with Crippen LogP contribution >= 0.6 is 39.1 Å². The number of aliphatic hydroxyl groups is 2. The second-order valence-electron chi connectivity index (χ2n) is 25.2. The Morgan fingerprint density at radius 1 is 0.598 bits per heavy atom. The summed E-state index contributed by atoms with van der Waals surface area (Å²) >= 11 is 15.5. The summed E-state index contributed by atoms with van der Waals surface area (Å²) < 4.78 is 19.3. The number of carbonyl (C=O) groups is 2. The van der Waals surface area contributed by atoms with Crippen molar-refractivity contribution in [3.8, 4) is 0 Å². The number of nitrogens with one attached hydrogen (secondary N) is 2. The van der Waals surface area contributed by atoms with Gasteiger partial charge in [0, 0.05) is 84.9 Å². The second kappa shape index (κ2) is 27.2. The van der Waals surface area contributed by atoms with Crippen molar-refractivity contribution < 1.29 is 29.3 Å². The zero-order chi connectivity index (χ0) is 61.5. The van der Waals surface area contributed by atoms with E-state index in [2.05, 4.69) is 75.0 Å². The lowest BCUT2D eigenvalue weighted by Crippen LogP contribution is -2.45. The van der Waals surface area contributed by atoms with Crippen molar-refractivity contribution in [3.05, 3.63) is 136 Å². The number of ether oxygens (including phenoxy) is 2. The Bertz CT molecular complexity index is 3570. The van der Waals surface area contributed by atoms with Crippen LogP contribution in [0.2, 0.25) is 10.0 Å². The summed E-state index contributed by atoms with van der Waals surface area (Å²) in [5, 5.41) is 46.1. The van der Waals surface area contributed by atoms with Gasteiger partial charge in [0.05, 0.1) is 59.2 Å². The van der Waals surface area contributed by atoms with Crippen molar-refractivity contribution in [1.29, 1.82) is 0 Å². The molecular formula is C63H80BrCl2N15O6. The summed E-state index contributed by atoms with van der Waals surface area (Å²) in [7, 11) is 0. The maximum absolute atomic E-state index is 12.4. The second-order valence-corrected chi connectivity index (χ2v) is 26.9. The molecule has 1 saturated carbocycles. The lowest BCUT2D eigenvalue weighted by atomic mass is 9.70. The first-order chi connectivity index (χ1) is 41.7. The largest absolute Gasteiger partial charge is 0.444 e. The SMILES string of the molecule is CC(C)(C)OC(=O)N1CCC(n2cc(Nc3nc4c(Br)cccn4n3)cn2)CC1.CC(C)(C)OC(=O)N1CCC(n2cc(Nc3nc4c(N5CCC(CO)(c6ccc(Cl)cc6)CC5)cccn4n3)cn2)CC1.OCC1(c2ccc(Cl)cc2)CCCCC1. The molecule has 0 radical (unpaired) electrons. The van der Waals surface area contributed by atoms with Crippen molar-refractivity contribution >= 4 is 91.6 Å². The van der Waals surface area contributed by atoms with E-state index in [0.717, 1.165) is 108 Å². The Morgan fingerprint density at radius 2 is 1.02 bits per heavy atom. The number of pyridine rings is 2. The van der Waals surface area contributed by atoms with E-state index in [-0.39, 0.29) is 48.3 Å². The number of anilines is 5. The van der Waals surface area contributed by atoms with E-state index in [1.54, 1.807) is 31.2 Å². The zero-order valence-corrected chi connectivity index (χ0v) is 53.6. The van der Waals surface area contributed by atoms with Crippen molar-refractivity contribution in [2.24, 2.45) is 0 Å². The number of piperidine rings is 3. The fraction of sp³-hybridized carbons (Fsp3) is 0.492. The maximum Gasteiger partial charge on any atom is 0.410 e. The van der Waals surface area contributed by atoms with Gasteiger partial charge in [-0.3, -0.25) is 9.36 Å². The molecule has 3 aliphatic heterocycles. The monoisotopic (exact) mass is 1290 g/mol. The highest BCUT2D eigenvalue weighted by atomic mass is 79.9. The van der Waals surface area contributed by atoms with Gasteiger partial charge in [0.25, 0.3) is 0 Å². The number of hydrogen-bond acceptors (Lipinski definition) is 15. The molecule has 3 saturated heterocycles. The van der Waals surface area contributed by atoms with Gasteiger partial charge >= 0.3 is 12.2 Å². The number of likely N-dealkylation sites (tertiary alicyclic amines) is 2. The first-order valence-corrected chi connectivity index (χ1v) is 31.7. The van der Waals surface area contributed by atoms with Crippen LogP contribution in [0.15, 0.2) is 114 Å². The number of amides is 2. The first kappa shape index (κ1) is 63.1. The maximum atomic E-state index is 12.4. The Hall–Kier alpha value is -6.98. The Labute approximate surface area is 526 Å². The molecule has 0 atom stereocenters. The standard InChI is InChI=1S/C31H39ClN8O3.C19H24BrN7O2.C13H17ClO/c1-30(2,3)43-29(42)38-15-10-25(11-16-38)40-20-24(19-33-40)34-28-35-27-26(5-4-14-39(27)36-28)37-17-12-31(21-41,13-18-37)22-6-8-23(32)9-7-22;1-19(2,3)29-18(28)25-9-6-14(7-10-25)27-12-13(11-21-27)22-17-23-16-15(20)5-4-8-26(16)24-17;14-12-6-4-11(5-7-12)13(10-15)8-2-1-3-9-13/h4-9,14,19-20,25,41H,10-13,15-18,21H2,1-3H3,(H,34,36);4-5,8,11-12,14H,6-7,9-10H2,1-3H3,(H,22,24);4-7,15H,1-3,8-10H2. The molecule has 8 aromatic rings. The number of fused-ring (bicyclic) bond motifs is 2. The fourth-order valence-electron chi connectivity index (χ4n) is 11.9. The molecule has 0 unspecified atom stereocenters. The number of benzene rings is 2. The van der Waals surface area contributed by atoms with Crippen molar-refractivity contribution in [2.75, 3.05) is 68.0 Å². The molecule has 4 aliphatic rings. The minimum atomic E-state index is -0.499. The zero-order valence-electron chi connectivity index (χ0n) is 50.5. The summed E-state index contributed by atoms with van der Waals surface area (Å²) in [6.45, 7) is 15.8. The van der Waals surface area contributed by atoms with E-state index in [1.165, 1.54) is 24.8 Å². The number of hydrogen-bond donors (Lipinski definition) is 4. The van der Waals surface area contributed by atoms with Crippen molar-refractivity contribution in [2.45, 2.75) is 146 Å².